The maximum Gasteiger partial charge on any atom is 0.140 e. The molecule has 0 bridgehead atoms. The van der Waals surface area contributed by atoms with Crippen LogP contribution in [0.4, 0.5) is 0 Å². The molecule has 0 radical (unpaired) electrons. The van der Waals surface area contributed by atoms with Crippen LogP contribution in [-0.2, 0) is 0 Å². The summed E-state index contributed by atoms with van der Waals surface area (Å²) in [6.45, 7) is 4.19. The molecule has 0 unspecified atom stereocenters. The molecule has 0 N–H and O–H groups in total. The van der Waals surface area contributed by atoms with E-state index in [9.17, 15) is 0 Å². The smallest absolute Gasteiger partial charge is 0.140 e. The maximum atomic E-state index is 4.69. The molecular formula is C15H14N2. The second-order valence-corrected chi connectivity index (χ2v) is 4.42. The van der Waals surface area contributed by atoms with Crippen molar-refractivity contribution in [3.63, 3.8) is 0 Å². The van der Waals surface area contributed by atoms with Gasteiger partial charge >= 0.3 is 0 Å². The number of benzene rings is 1. The molecule has 3 rings (SSSR count). The standard InChI is InChI=1S/C15H14N2/c1-11-5-3-7-13(9-11)14-10-17-8-4-6-12(2)15(17)16-14/h3-10H,1-2H3. The fraction of sp³-hybridized carbons (Fsp3) is 0.133. The van der Waals surface area contributed by atoms with E-state index in [1.54, 1.807) is 0 Å². The van der Waals surface area contributed by atoms with Gasteiger partial charge in [0.2, 0.25) is 0 Å². The molecule has 2 aromatic heterocycles. The highest BCUT2D eigenvalue weighted by molar-refractivity contribution is 5.64. The molecule has 0 spiro atoms. The number of aryl methyl sites for hydroxylation is 2. The summed E-state index contributed by atoms with van der Waals surface area (Å²) in [6, 6.07) is 12.6. The summed E-state index contributed by atoms with van der Waals surface area (Å²) in [6.07, 6.45) is 4.12. The summed E-state index contributed by atoms with van der Waals surface area (Å²) in [7, 11) is 0. The predicted octanol–water partition coefficient (Wildman–Crippen LogP) is 3.62. The minimum absolute atomic E-state index is 1.03. The first-order chi connectivity index (χ1) is 8.24. The third kappa shape index (κ3) is 1.72. The van der Waals surface area contributed by atoms with Gasteiger partial charge < -0.3 is 4.40 Å². The van der Waals surface area contributed by atoms with Crippen molar-refractivity contribution in [3.8, 4) is 11.3 Å². The summed E-state index contributed by atoms with van der Waals surface area (Å²) in [5, 5.41) is 0. The Labute approximate surface area is 101 Å². The first-order valence-corrected chi connectivity index (χ1v) is 5.75. The van der Waals surface area contributed by atoms with Gasteiger partial charge in [0.25, 0.3) is 0 Å². The summed E-state index contributed by atoms with van der Waals surface area (Å²) >= 11 is 0. The normalized spacial score (nSPS) is 10.9. The molecule has 2 heterocycles. The number of rotatable bonds is 1. The molecule has 1 aromatic carbocycles. The van der Waals surface area contributed by atoms with Crippen LogP contribution in [0.5, 0.6) is 0 Å². The van der Waals surface area contributed by atoms with Crippen molar-refractivity contribution >= 4 is 5.65 Å². The Kier molecular flexibility index (Phi) is 2.22. The Morgan fingerprint density at radius 1 is 1.06 bits per heavy atom. The number of imidazole rings is 1. The molecule has 0 aliphatic heterocycles. The molecule has 2 heteroatoms. The first kappa shape index (κ1) is 10.1. The lowest BCUT2D eigenvalue weighted by Crippen LogP contribution is -1.83. The van der Waals surface area contributed by atoms with E-state index in [4.69, 9.17) is 0 Å². The van der Waals surface area contributed by atoms with Gasteiger partial charge in [-0.05, 0) is 31.5 Å². The van der Waals surface area contributed by atoms with Crippen molar-refractivity contribution in [3.05, 3.63) is 59.9 Å². The highest BCUT2D eigenvalue weighted by Crippen LogP contribution is 2.21. The van der Waals surface area contributed by atoms with Crippen molar-refractivity contribution in [1.82, 2.24) is 9.38 Å². The van der Waals surface area contributed by atoms with Gasteiger partial charge in [0.05, 0.1) is 5.69 Å². The zero-order valence-corrected chi connectivity index (χ0v) is 10.0. The SMILES string of the molecule is Cc1cccc(-c2cn3cccc(C)c3n2)c1. The first-order valence-electron chi connectivity index (χ1n) is 5.75. The van der Waals surface area contributed by atoms with Crippen LogP contribution < -0.4 is 0 Å². The van der Waals surface area contributed by atoms with Crippen molar-refractivity contribution < 1.29 is 0 Å². The second kappa shape index (κ2) is 3.74. The summed E-state index contributed by atoms with van der Waals surface area (Å²) < 4.78 is 2.08. The molecule has 0 amide bonds. The number of pyridine rings is 1. The number of hydrogen-bond acceptors (Lipinski definition) is 1. The molecule has 0 aliphatic carbocycles. The highest BCUT2D eigenvalue weighted by Gasteiger charge is 2.05. The van der Waals surface area contributed by atoms with Crippen LogP contribution in [0.15, 0.2) is 48.8 Å². The molecule has 0 saturated carbocycles. The second-order valence-electron chi connectivity index (χ2n) is 4.42. The van der Waals surface area contributed by atoms with Crippen LogP contribution in [0.2, 0.25) is 0 Å². The Hall–Kier alpha value is -2.09. The average Bonchev–Trinajstić information content (AvgIpc) is 2.74. The molecule has 84 valence electrons. The molecular weight excluding hydrogens is 208 g/mol. The number of hydrogen-bond donors (Lipinski definition) is 0. The number of nitrogens with zero attached hydrogens (tertiary/aromatic N) is 2. The Morgan fingerprint density at radius 2 is 1.94 bits per heavy atom. The van der Waals surface area contributed by atoms with Crippen molar-refractivity contribution in [2.75, 3.05) is 0 Å². The fourth-order valence-corrected chi connectivity index (χ4v) is 2.10. The monoisotopic (exact) mass is 222 g/mol. The van der Waals surface area contributed by atoms with Gasteiger partial charge in [0.15, 0.2) is 0 Å². The van der Waals surface area contributed by atoms with E-state index in [-0.39, 0.29) is 0 Å². The van der Waals surface area contributed by atoms with E-state index in [0.717, 1.165) is 11.3 Å². The van der Waals surface area contributed by atoms with Gasteiger partial charge in [-0.2, -0.15) is 0 Å². The predicted molar refractivity (Wildman–Crippen MR) is 70.1 cm³/mol. The Bertz CT molecular complexity index is 680. The molecule has 0 aliphatic rings. The molecule has 2 nitrogen and oxygen atoms in total. The van der Waals surface area contributed by atoms with Crippen LogP contribution in [0.1, 0.15) is 11.1 Å². The fourth-order valence-electron chi connectivity index (χ4n) is 2.10. The van der Waals surface area contributed by atoms with Gasteiger partial charge in [-0.25, -0.2) is 4.98 Å². The van der Waals surface area contributed by atoms with E-state index in [2.05, 4.69) is 59.8 Å². The third-order valence-electron chi connectivity index (χ3n) is 2.99. The van der Waals surface area contributed by atoms with E-state index in [1.165, 1.54) is 16.7 Å². The zero-order chi connectivity index (χ0) is 11.8. The zero-order valence-electron chi connectivity index (χ0n) is 10.0. The Morgan fingerprint density at radius 3 is 2.71 bits per heavy atom. The van der Waals surface area contributed by atoms with Gasteiger partial charge in [-0.15, -0.1) is 0 Å². The molecule has 17 heavy (non-hydrogen) atoms. The number of fused-ring (bicyclic) bond motifs is 1. The lowest BCUT2D eigenvalue weighted by atomic mass is 10.1. The topological polar surface area (TPSA) is 17.3 Å². The molecule has 0 atom stereocenters. The van der Waals surface area contributed by atoms with Crippen molar-refractivity contribution in [1.29, 1.82) is 0 Å². The minimum atomic E-state index is 1.03. The van der Waals surface area contributed by atoms with Crippen molar-refractivity contribution in [2.24, 2.45) is 0 Å². The van der Waals surface area contributed by atoms with E-state index < -0.39 is 0 Å². The van der Waals surface area contributed by atoms with E-state index in [1.807, 2.05) is 12.3 Å². The van der Waals surface area contributed by atoms with Crippen LogP contribution in [-0.4, -0.2) is 9.38 Å². The van der Waals surface area contributed by atoms with Gasteiger partial charge in [-0.3, -0.25) is 0 Å². The summed E-state index contributed by atoms with van der Waals surface area (Å²) in [4.78, 5) is 4.69. The molecule has 0 saturated heterocycles. The molecule has 0 fully saturated rings. The lowest BCUT2D eigenvalue weighted by Gasteiger charge is -1.96. The van der Waals surface area contributed by atoms with Gasteiger partial charge in [-0.1, -0.05) is 29.8 Å². The van der Waals surface area contributed by atoms with E-state index in [0.29, 0.717) is 0 Å². The average molecular weight is 222 g/mol. The molecule has 3 aromatic rings. The Balaban J connectivity index is 2.22. The third-order valence-corrected chi connectivity index (χ3v) is 2.99. The largest absolute Gasteiger partial charge is 0.306 e. The lowest BCUT2D eigenvalue weighted by molar-refractivity contribution is 1.16. The van der Waals surface area contributed by atoms with Crippen LogP contribution >= 0.6 is 0 Å². The minimum Gasteiger partial charge on any atom is -0.306 e. The van der Waals surface area contributed by atoms with Crippen molar-refractivity contribution in [2.45, 2.75) is 13.8 Å². The number of aromatic nitrogens is 2. The van der Waals surface area contributed by atoms with Gasteiger partial charge in [0, 0.05) is 18.0 Å². The van der Waals surface area contributed by atoms with Crippen LogP contribution in [0.3, 0.4) is 0 Å². The van der Waals surface area contributed by atoms with E-state index >= 15 is 0 Å². The summed E-state index contributed by atoms with van der Waals surface area (Å²) in [5.41, 5.74) is 5.70. The van der Waals surface area contributed by atoms with Gasteiger partial charge in [0.1, 0.15) is 5.65 Å². The summed E-state index contributed by atoms with van der Waals surface area (Å²) in [5.74, 6) is 0. The van der Waals surface area contributed by atoms with Crippen LogP contribution in [0.25, 0.3) is 16.9 Å². The maximum absolute atomic E-state index is 4.69. The highest BCUT2D eigenvalue weighted by atomic mass is 15.0. The quantitative estimate of drug-likeness (QED) is 0.614. The van der Waals surface area contributed by atoms with Crippen LogP contribution in [0, 0.1) is 13.8 Å².